The lowest BCUT2D eigenvalue weighted by molar-refractivity contribution is 0.102. The van der Waals surface area contributed by atoms with Gasteiger partial charge in [0.25, 0.3) is 5.91 Å². The monoisotopic (exact) mass is 341 g/mol. The van der Waals surface area contributed by atoms with E-state index in [1.54, 1.807) is 19.2 Å². The smallest absolute Gasteiger partial charge is 0.259 e. The lowest BCUT2D eigenvalue weighted by Gasteiger charge is -2.30. The van der Waals surface area contributed by atoms with E-state index in [9.17, 15) is 4.79 Å². The molecule has 0 unspecified atom stereocenters. The number of ether oxygens (including phenoxy) is 2. The maximum Gasteiger partial charge on any atom is 0.259 e. The fourth-order valence-electron chi connectivity index (χ4n) is 2.95. The molecule has 1 saturated heterocycles. The summed E-state index contributed by atoms with van der Waals surface area (Å²) in [5.74, 6) is 0.333. The van der Waals surface area contributed by atoms with E-state index in [1.807, 2.05) is 31.2 Å². The molecule has 25 heavy (non-hydrogen) atoms. The zero-order valence-electron chi connectivity index (χ0n) is 14.5. The average molecular weight is 341 g/mol. The van der Waals surface area contributed by atoms with Crippen LogP contribution in [0, 0.1) is 6.92 Å². The molecule has 2 aromatic carbocycles. The Morgan fingerprint density at radius 2 is 1.96 bits per heavy atom. The van der Waals surface area contributed by atoms with Gasteiger partial charge in [-0.3, -0.25) is 4.79 Å². The van der Waals surface area contributed by atoms with Crippen LogP contribution in [0.2, 0.25) is 0 Å². The molecule has 0 saturated carbocycles. The number of nitrogen functional groups attached to an aromatic ring is 1. The molecule has 0 bridgehead atoms. The third kappa shape index (κ3) is 3.69. The number of hydrogen-bond acceptors (Lipinski definition) is 5. The van der Waals surface area contributed by atoms with Crippen LogP contribution in [-0.2, 0) is 4.74 Å². The van der Waals surface area contributed by atoms with Gasteiger partial charge in [-0.15, -0.1) is 0 Å². The van der Waals surface area contributed by atoms with Gasteiger partial charge < -0.3 is 25.4 Å². The van der Waals surface area contributed by atoms with Crippen molar-refractivity contribution in [1.82, 2.24) is 0 Å². The van der Waals surface area contributed by atoms with Crippen LogP contribution in [0.4, 0.5) is 17.1 Å². The second-order valence-electron chi connectivity index (χ2n) is 5.98. The Labute approximate surface area is 147 Å². The molecular weight excluding hydrogens is 318 g/mol. The van der Waals surface area contributed by atoms with Crippen molar-refractivity contribution < 1.29 is 14.3 Å². The van der Waals surface area contributed by atoms with E-state index in [0.717, 1.165) is 30.0 Å². The second kappa shape index (κ2) is 7.44. The van der Waals surface area contributed by atoms with Crippen molar-refractivity contribution in [3.05, 3.63) is 47.5 Å². The van der Waals surface area contributed by atoms with Crippen LogP contribution in [-0.4, -0.2) is 39.3 Å². The number of carbonyl (C=O) groups is 1. The van der Waals surface area contributed by atoms with Crippen molar-refractivity contribution in [3.63, 3.8) is 0 Å². The largest absolute Gasteiger partial charge is 0.496 e. The highest BCUT2D eigenvalue weighted by atomic mass is 16.5. The molecule has 0 atom stereocenters. The molecule has 3 rings (SSSR count). The quantitative estimate of drug-likeness (QED) is 0.836. The van der Waals surface area contributed by atoms with Gasteiger partial charge in [-0.2, -0.15) is 0 Å². The van der Waals surface area contributed by atoms with Crippen LogP contribution in [0.15, 0.2) is 36.4 Å². The summed E-state index contributed by atoms with van der Waals surface area (Å²) >= 11 is 0. The van der Waals surface area contributed by atoms with Gasteiger partial charge in [0, 0.05) is 18.8 Å². The number of aryl methyl sites for hydroxylation is 1. The summed E-state index contributed by atoms with van der Waals surface area (Å²) in [5.41, 5.74) is 9.97. The summed E-state index contributed by atoms with van der Waals surface area (Å²) in [4.78, 5) is 14.8. The predicted octanol–water partition coefficient (Wildman–Crippen LogP) is 2.67. The summed E-state index contributed by atoms with van der Waals surface area (Å²) in [6, 6.07) is 11.0. The average Bonchev–Trinajstić information content (AvgIpc) is 2.64. The van der Waals surface area contributed by atoms with Crippen LogP contribution in [0.1, 0.15) is 15.9 Å². The summed E-state index contributed by atoms with van der Waals surface area (Å²) in [7, 11) is 1.55. The Hall–Kier alpha value is -2.73. The zero-order chi connectivity index (χ0) is 17.8. The maximum absolute atomic E-state index is 12.7. The lowest BCUT2D eigenvalue weighted by Crippen LogP contribution is -2.36. The Morgan fingerprint density at radius 3 is 2.68 bits per heavy atom. The molecule has 1 aliphatic heterocycles. The topological polar surface area (TPSA) is 76.8 Å². The molecule has 1 amide bonds. The molecule has 132 valence electrons. The zero-order valence-corrected chi connectivity index (χ0v) is 14.5. The normalized spacial score (nSPS) is 14.2. The van der Waals surface area contributed by atoms with Crippen LogP contribution < -0.4 is 20.7 Å². The first-order valence-corrected chi connectivity index (χ1v) is 8.27. The van der Waals surface area contributed by atoms with Crippen LogP contribution in [0.25, 0.3) is 0 Å². The molecule has 1 heterocycles. The Balaban J connectivity index is 1.87. The minimum absolute atomic E-state index is 0.210. The van der Waals surface area contributed by atoms with Gasteiger partial charge in [-0.05, 0) is 36.8 Å². The molecule has 6 heteroatoms. The highest BCUT2D eigenvalue weighted by Crippen LogP contribution is 2.31. The van der Waals surface area contributed by atoms with E-state index in [-0.39, 0.29) is 5.91 Å². The van der Waals surface area contributed by atoms with Crippen molar-refractivity contribution in [2.45, 2.75) is 6.92 Å². The first-order valence-electron chi connectivity index (χ1n) is 8.27. The van der Waals surface area contributed by atoms with E-state index < -0.39 is 0 Å². The van der Waals surface area contributed by atoms with Gasteiger partial charge in [-0.25, -0.2) is 0 Å². The van der Waals surface area contributed by atoms with E-state index in [2.05, 4.69) is 10.2 Å². The van der Waals surface area contributed by atoms with Crippen molar-refractivity contribution in [3.8, 4) is 5.75 Å². The number of carbonyl (C=O) groups excluding carboxylic acids is 1. The number of rotatable bonds is 4. The minimum Gasteiger partial charge on any atom is -0.496 e. The molecule has 6 nitrogen and oxygen atoms in total. The highest BCUT2D eigenvalue weighted by molar-refractivity contribution is 6.07. The number of benzene rings is 2. The van der Waals surface area contributed by atoms with Gasteiger partial charge in [0.2, 0.25) is 0 Å². The number of para-hydroxylation sites is 1. The Bertz CT molecular complexity index is 771. The molecule has 0 aliphatic carbocycles. The Kier molecular flexibility index (Phi) is 5.09. The molecule has 0 spiro atoms. The van der Waals surface area contributed by atoms with Gasteiger partial charge in [0.1, 0.15) is 5.75 Å². The van der Waals surface area contributed by atoms with Crippen LogP contribution >= 0.6 is 0 Å². The molecule has 0 aromatic heterocycles. The molecular formula is C19H23N3O3. The van der Waals surface area contributed by atoms with E-state index in [1.165, 1.54) is 0 Å². The minimum atomic E-state index is -0.210. The fraction of sp³-hybridized carbons (Fsp3) is 0.316. The third-order valence-electron chi connectivity index (χ3n) is 4.33. The summed E-state index contributed by atoms with van der Waals surface area (Å²) in [6.07, 6.45) is 0. The first-order chi connectivity index (χ1) is 12.1. The van der Waals surface area contributed by atoms with Crippen molar-refractivity contribution in [2.24, 2.45) is 0 Å². The lowest BCUT2D eigenvalue weighted by atomic mass is 10.1. The number of anilines is 3. The summed E-state index contributed by atoms with van der Waals surface area (Å²) in [6.45, 7) is 4.85. The standard InChI is InChI=1S/C19H23N3O3/c1-13-11-15(20)17(22-7-9-25-10-8-22)12-16(13)21-19(23)14-5-3-4-6-18(14)24-2/h3-6,11-12H,7-10,20H2,1-2H3,(H,21,23). The van der Waals surface area contributed by atoms with E-state index in [0.29, 0.717) is 30.2 Å². The molecule has 0 radical (unpaired) electrons. The van der Waals surface area contributed by atoms with E-state index >= 15 is 0 Å². The Morgan fingerprint density at radius 1 is 1.24 bits per heavy atom. The summed E-state index contributed by atoms with van der Waals surface area (Å²) in [5, 5.41) is 2.98. The molecule has 1 fully saturated rings. The van der Waals surface area contributed by atoms with E-state index in [4.69, 9.17) is 15.2 Å². The van der Waals surface area contributed by atoms with Gasteiger partial charge in [0.05, 0.1) is 37.3 Å². The second-order valence-corrected chi connectivity index (χ2v) is 5.98. The predicted molar refractivity (Wildman–Crippen MR) is 99.6 cm³/mol. The third-order valence-corrected chi connectivity index (χ3v) is 4.33. The number of hydrogen-bond donors (Lipinski definition) is 2. The maximum atomic E-state index is 12.7. The molecule has 2 aromatic rings. The van der Waals surface area contributed by atoms with Crippen LogP contribution in [0.5, 0.6) is 5.75 Å². The summed E-state index contributed by atoms with van der Waals surface area (Å²) < 4.78 is 10.7. The molecule has 3 N–H and O–H groups in total. The van der Waals surface area contributed by atoms with Crippen LogP contribution in [0.3, 0.4) is 0 Å². The number of morpholine rings is 1. The number of nitrogens with two attached hydrogens (primary N) is 1. The van der Waals surface area contributed by atoms with Gasteiger partial charge in [-0.1, -0.05) is 12.1 Å². The first kappa shape index (κ1) is 17.1. The highest BCUT2D eigenvalue weighted by Gasteiger charge is 2.18. The fourth-order valence-corrected chi connectivity index (χ4v) is 2.95. The van der Waals surface area contributed by atoms with Crippen molar-refractivity contribution in [1.29, 1.82) is 0 Å². The molecule has 1 aliphatic rings. The number of nitrogens with zero attached hydrogens (tertiary/aromatic N) is 1. The number of amides is 1. The van der Waals surface area contributed by atoms with Gasteiger partial charge >= 0.3 is 0 Å². The van der Waals surface area contributed by atoms with Crippen molar-refractivity contribution >= 4 is 23.0 Å². The van der Waals surface area contributed by atoms with Gasteiger partial charge in [0.15, 0.2) is 0 Å². The number of nitrogens with one attached hydrogen (secondary N) is 1. The van der Waals surface area contributed by atoms with Crippen molar-refractivity contribution in [2.75, 3.05) is 49.4 Å². The SMILES string of the molecule is COc1ccccc1C(=O)Nc1cc(N2CCOCC2)c(N)cc1C. The number of methoxy groups -OCH3 is 1.